The number of benzene rings is 2. The summed E-state index contributed by atoms with van der Waals surface area (Å²) < 4.78 is 10.6. The lowest BCUT2D eigenvalue weighted by Gasteiger charge is -2.12. The molecule has 0 aliphatic carbocycles. The molecule has 1 amide bonds. The fourth-order valence-corrected chi connectivity index (χ4v) is 3.23. The number of amides is 1. The molecule has 2 aromatic carbocycles. The van der Waals surface area contributed by atoms with Crippen LogP contribution in [0.3, 0.4) is 0 Å². The predicted molar refractivity (Wildman–Crippen MR) is 102 cm³/mol. The Morgan fingerprint density at radius 2 is 2.15 bits per heavy atom. The van der Waals surface area contributed by atoms with Crippen LogP contribution >= 0.6 is 11.6 Å². The zero-order valence-corrected chi connectivity index (χ0v) is 15.3. The minimum atomic E-state index is -0.287. The molecular weight excluding hydrogens is 368 g/mol. The van der Waals surface area contributed by atoms with Crippen molar-refractivity contribution < 1.29 is 13.9 Å². The molecule has 0 radical (unpaired) electrons. The van der Waals surface area contributed by atoms with E-state index in [9.17, 15) is 4.79 Å². The van der Waals surface area contributed by atoms with Gasteiger partial charge in [-0.15, -0.1) is 0 Å². The number of carbonyl (C=O) groups excluding carboxylic acids is 1. The van der Waals surface area contributed by atoms with Crippen LogP contribution in [0.5, 0.6) is 5.75 Å². The number of halogens is 1. The maximum Gasteiger partial charge on any atom is 0.259 e. The van der Waals surface area contributed by atoms with Gasteiger partial charge in [0.15, 0.2) is 12.2 Å². The molecule has 4 aromatic rings. The molecule has 7 nitrogen and oxygen atoms in total. The van der Waals surface area contributed by atoms with Gasteiger partial charge >= 0.3 is 0 Å². The standard InChI is InChI=1S/C19H15ClN4O3/c1-10-5-11(20)6-15(26-2)17(10)19(25)22-12-3-4-14-13(7-12)18(24-23-14)16-8-21-9-27-16/h3-9H,1-2H3,(H,22,25)(H,23,24). The summed E-state index contributed by atoms with van der Waals surface area (Å²) in [7, 11) is 1.50. The van der Waals surface area contributed by atoms with E-state index < -0.39 is 0 Å². The molecule has 0 bridgehead atoms. The molecule has 0 unspecified atom stereocenters. The first-order valence-electron chi connectivity index (χ1n) is 8.09. The van der Waals surface area contributed by atoms with Gasteiger partial charge < -0.3 is 14.5 Å². The number of nitrogens with one attached hydrogen (secondary N) is 2. The third-order valence-electron chi connectivity index (χ3n) is 4.20. The van der Waals surface area contributed by atoms with Crippen LogP contribution in [0.25, 0.3) is 22.4 Å². The Bertz CT molecular complexity index is 1140. The molecule has 0 atom stereocenters. The summed E-state index contributed by atoms with van der Waals surface area (Å²) in [6.07, 6.45) is 2.93. The van der Waals surface area contributed by atoms with E-state index in [-0.39, 0.29) is 5.91 Å². The van der Waals surface area contributed by atoms with Crippen molar-refractivity contribution in [3.63, 3.8) is 0 Å². The largest absolute Gasteiger partial charge is 0.496 e. The van der Waals surface area contributed by atoms with Crippen molar-refractivity contribution in [1.82, 2.24) is 15.2 Å². The summed E-state index contributed by atoms with van der Waals surface area (Å²) in [6, 6.07) is 8.79. The summed E-state index contributed by atoms with van der Waals surface area (Å²) >= 11 is 6.05. The monoisotopic (exact) mass is 382 g/mol. The molecule has 0 saturated carbocycles. The number of carbonyl (C=O) groups is 1. The van der Waals surface area contributed by atoms with E-state index in [1.807, 2.05) is 19.1 Å². The number of ether oxygens (including phenoxy) is 1. The minimum Gasteiger partial charge on any atom is -0.496 e. The molecule has 27 heavy (non-hydrogen) atoms. The Balaban J connectivity index is 1.70. The maximum absolute atomic E-state index is 12.8. The van der Waals surface area contributed by atoms with Gasteiger partial charge in [-0.1, -0.05) is 11.6 Å². The fraction of sp³-hybridized carbons (Fsp3) is 0.105. The van der Waals surface area contributed by atoms with Gasteiger partial charge in [0.2, 0.25) is 0 Å². The third-order valence-corrected chi connectivity index (χ3v) is 4.42. The first-order valence-corrected chi connectivity index (χ1v) is 8.47. The van der Waals surface area contributed by atoms with Crippen molar-refractivity contribution in [1.29, 1.82) is 0 Å². The average Bonchev–Trinajstić information content (AvgIpc) is 3.29. The molecule has 8 heteroatoms. The predicted octanol–water partition coefficient (Wildman–Crippen LogP) is 4.44. The van der Waals surface area contributed by atoms with Gasteiger partial charge in [0.25, 0.3) is 5.91 Å². The smallest absolute Gasteiger partial charge is 0.259 e. The number of aromatic amines is 1. The van der Waals surface area contributed by atoms with E-state index in [0.717, 1.165) is 16.5 Å². The Morgan fingerprint density at radius 1 is 1.30 bits per heavy atom. The molecular formula is C19H15ClN4O3. The number of aromatic nitrogens is 3. The van der Waals surface area contributed by atoms with E-state index in [0.29, 0.717) is 33.5 Å². The number of rotatable bonds is 4. The van der Waals surface area contributed by atoms with Crippen molar-refractivity contribution in [2.75, 3.05) is 12.4 Å². The molecule has 0 fully saturated rings. The fourth-order valence-electron chi connectivity index (χ4n) is 2.97. The zero-order valence-electron chi connectivity index (χ0n) is 14.5. The highest BCUT2D eigenvalue weighted by molar-refractivity contribution is 6.31. The highest BCUT2D eigenvalue weighted by atomic mass is 35.5. The molecule has 4 rings (SSSR count). The van der Waals surface area contributed by atoms with Crippen LogP contribution in [0, 0.1) is 6.92 Å². The van der Waals surface area contributed by atoms with Crippen LogP contribution in [0.15, 0.2) is 47.3 Å². The normalized spacial score (nSPS) is 10.9. The first-order chi connectivity index (χ1) is 13.1. The quantitative estimate of drug-likeness (QED) is 0.544. The number of nitrogens with zero attached hydrogens (tertiary/aromatic N) is 2. The van der Waals surface area contributed by atoms with Crippen LogP contribution in [0.1, 0.15) is 15.9 Å². The van der Waals surface area contributed by atoms with Gasteiger partial charge in [-0.25, -0.2) is 4.98 Å². The summed E-state index contributed by atoms with van der Waals surface area (Å²) in [4.78, 5) is 16.7. The molecule has 2 aromatic heterocycles. The van der Waals surface area contributed by atoms with E-state index in [2.05, 4.69) is 20.5 Å². The minimum absolute atomic E-state index is 0.287. The molecule has 2 heterocycles. The van der Waals surface area contributed by atoms with E-state index in [1.54, 1.807) is 24.4 Å². The van der Waals surface area contributed by atoms with Crippen LogP contribution in [0.2, 0.25) is 5.02 Å². The van der Waals surface area contributed by atoms with Gasteiger partial charge in [0.05, 0.1) is 24.4 Å². The lowest BCUT2D eigenvalue weighted by Crippen LogP contribution is -2.14. The van der Waals surface area contributed by atoms with Crippen LogP contribution in [0.4, 0.5) is 5.69 Å². The number of hydrogen-bond acceptors (Lipinski definition) is 5. The van der Waals surface area contributed by atoms with Gasteiger partial charge in [0.1, 0.15) is 11.4 Å². The Morgan fingerprint density at radius 3 is 2.89 bits per heavy atom. The van der Waals surface area contributed by atoms with Crippen LogP contribution in [-0.4, -0.2) is 28.2 Å². The first kappa shape index (κ1) is 17.1. The molecule has 2 N–H and O–H groups in total. The second-order valence-electron chi connectivity index (χ2n) is 5.95. The highest BCUT2D eigenvalue weighted by Crippen LogP contribution is 2.30. The number of hydrogen-bond donors (Lipinski definition) is 2. The summed E-state index contributed by atoms with van der Waals surface area (Å²) in [5.74, 6) is 0.675. The van der Waals surface area contributed by atoms with E-state index in [1.165, 1.54) is 13.5 Å². The number of aryl methyl sites for hydroxylation is 1. The van der Waals surface area contributed by atoms with Crippen molar-refractivity contribution in [3.05, 3.63) is 59.1 Å². The second-order valence-corrected chi connectivity index (χ2v) is 6.39. The topological polar surface area (TPSA) is 93.0 Å². The molecule has 136 valence electrons. The Kier molecular flexibility index (Phi) is 4.29. The van der Waals surface area contributed by atoms with E-state index >= 15 is 0 Å². The van der Waals surface area contributed by atoms with Crippen LogP contribution in [-0.2, 0) is 0 Å². The van der Waals surface area contributed by atoms with Crippen molar-refractivity contribution in [2.45, 2.75) is 6.92 Å². The van der Waals surface area contributed by atoms with Crippen molar-refractivity contribution in [2.24, 2.45) is 0 Å². The van der Waals surface area contributed by atoms with Crippen LogP contribution < -0.4 is 10.1 Å². The maximum atomic E-state index is 12.8. The summed E-state index contributed by atoms with van der Waals surface area (Å²) in [6.45, 7) is 1.81. The Hall–Kier alpha value is -3.32. The number of anilines is 1. The molecule has 0 saturated heterocycles. The van der Waals surface area contributed by atoms with Gasteiger partial charge in [0, 0.05) is 16.1 Å². The highest BCUT2D eigenvalue weighted by Gasteiger charge is 2.18. The van der Waals surface area contributed by atoms with Crippen molar-refractivity contribution >= 4 is 34.1 Å². The number of methoxy groups -OCH3 is 1. The zero-order chi connectivity index (χ0) is 19.0. The van der Waals surface area contributed by atoms with Gasteiger partial charge in [-0.3, -0.25) is 9.89 Å². The number of fused-ring (bicyclic) bond motifs is 1. The molecule has 0 aliphatic rings. The Labute approximate surface area is 159 Å². The lowest BCUT2D eigenvalue weighted by atomic mass is 10.1. The average molecular weight is 383 g/mol. The molecule has 0 spiro atoms. The summed E-state index contributed by atoms with van der Waals surface area (Å²) in [5, 5.41) is 11.4. The SMILES string of the molecule is COc1cc(Cl)cc(C)c1C(=O)Nc1ccc2[nH]nc(-c3cnco3)c2c1. The third kappa shape index (κ3) is 3.13. The molecule has 0 aliphatic heterocycles. The van der Waals surface area contributed by atoms with Crippen molar-refractivity contribution in [3.8, 4) is 17.2 Å². The summed E-state index contributed by atoms with van der Waals surface area (Å²) in [5.41, 5.74) is 3.22. The lowest BCUT2D eigenvalue weighted by molar-refractivity contribution is 0.102. The van der Waals surface area contributed by atoms with E-state index in [4.69, 9.17) is 20.8 Å². The number of oxazole rings is 1. The van der Waals surface area contributed by atoms with Gasteiger partial charge in [-0.2, -0.15) is 5.10 Å². The number of H-pyrrole nitrogens is 1. The van der Waals surface area contributed by atoms with Gasteiger partial charge in [-0.05, 0) is 42.8 Å². The second kappa shape index (κ2) is 6.77.